The van der Waals surface area contributed by atoms with Crippen LogP contribution in [0.2, 0.25) is 0 Å². The molecule has 144 valence electrons. The molecule has 1 aromatic carbocycles. The summed E-state index contributed by atoms with van der Waals surface area (Å²) in [4.78, 5) is 26.4. The predicted molar refractivity (Wildman–Crippen MR) is 103 cm³/mol. The molecule has 0 spiro atoms. The van der Waals surface area contributed by atoms with Gasteiger partial charge in [-0.25, -0.2) is 0 Å². The molecule has 2 bridgehead atoms. The van der Waals surface area contributed by atoms with E-state index in [-0.39, 0.29) is 24.9 Å². The lowest BCUT2D eigenvalue weighted by Gasteiger charge is -2.23. The minimum absolute atomic E-state index is 0.234. The van der Waals surface area contributed by atoms with Crippen molar-refractivity contribution >= 4 is 17.6 Å². The Morgan fingerprint density at radius 1 is 1.19 bits per heavy atom. The van der Waals surface area contributed by atoms with E-state index in [0.29, 0.717) is 24.8 Å². The highest BCUT2D eigenvalue weighted by atomic mass is 16.5. The normalized spacial score (nSPS) is 23.1. The predicted octanol–water partition coefficient (Wildman–Crippen LogP) is 3.92. The Hall–Kier alpha value is -2.35. The number of rotatable bonds is 7. The fourth-order valence-corrected chi connectivity index (χ4v) is 4.79. The first-order valence-corrected chi connectivity index (χ1v) is 9.87. The number of anilines is 1. The molecular formula is C22H28N2O3. The van der Waals surface area contributed by atoms with Crippen LogP contribution < -0.4 is 4.90 Å². The zero-order valence-corrected chi connectivity index (χ0v) is 16.2. The quantitative estimate of drug-likeness (QED) is 0.684. The molecule has 0 saturated heterocycles. The first-order valence-electron chi connectivity index (χ1n) is 9.87. The number of carbonyl (C=O) groups excluding carboxylic acids is 2. The summed E-state index contributed by atoms with van der Waals surface area (Å²) in [5.41, 5.74) is 2.85. The Kier molecular flexibility index (Phi) is 6.15. The van der Waals surface area contributed by atoms with Crippen molar-refractivity contribution in [3.63, 3.8) is 0 Å². The molecule has 27 heavy (non-hydrogen) atoms. The maximum Gasteiger partial charge on any atom is 0.306 e. The third-order valence-electron chi connectivity index (χ3n) is 5.94. The van der Waals surface area contributed by atoms with Gasteiger partial charge < -0.3 is 9.64 Å². The molecule has 2 fully saturated rings. The summed E-state index contributed by atoms with van der Waals surface area (Å²) in [6.45, 7) is 3.97. The smallest absolute Gasteiger partial charge is 0.306 e. The van der Waals surface area contributed by atoms with E-state index in [1.165, 1.54) is 19.3 Å². The number of aryl methyl sites for hydroxylation is 2. The van der Waals surface area contributed by atoms with Crippen LogP contribution in [0.1, 0.15) is 49.7 Å². The molecule has 0 heterocycles. The average Bonchev–Trinajstić information content (AvgIpc) is 3.22. The topological polar surface area (TPSA) is 70.4 Å². The lowest BCUT2D eigenvalue weighted by molar-refractivity contribution is -0.149. The van der Waals surface area contributed by atoms with Gasteiger partial charge in [-0.05, 0) is 74.1 Å². The lowest BCUT2D eigenvalue weighted by atomic mass is 9.86. The molecule has 1 aromatic rings. The Labute approximate surface area is 161 Å². The molecule has 1 amide bonds. The van der Waals surface area contributed by atoms with Crippen LogP contribution in [0.5, 0.6) is 0 Å². The van der Waals surface area contributed by atoms with E-state index in [1.807, 2.05) is 32.0 Å². The Bertz CT molecular complexity index is 732. The first kappa shape index (κ1) is 19.4. The fourth-order valence-electron chi connectivity index (χ4n) is 4.79. The molecule has 0 aliphatic heterocycles. The van der Waals surface area contributed by atoms with Crippen molar-refractivity contribution in [3.8, 4) is 6.07 Å². The number of hydrogen-bond acceptors (Lipinski definition) is 4. The number of fused-ring (bicyclic) bond motifs is 2. The van der Waals surface area contributed by atoms with E-state index in [9.17, 15) is 9.59 Å². The van der Waals surface area contributed by atoms with Gasteiger partial charge in [0.25, 0.3) is 5.91 Å². The summed E-state index contributed by atoms with van der Waals surface area (Å²) >= 11 is 0. The number of nitrogens with zero attached hydrogens (tertiary/aromatic N) is 2. The van der Waals surface area contributed by atoms with Crippen LogP contribution >= 0.6 is 0 Å². The third-order valence-corrected chi connectivity index (χ3v) is 5.94. The standard InChI is InChI=1S/C22H28N2O3/c1-15-8-16(2)10-20(9-15)24(7-3-6-23)21(25)14-27-22(26)13-19-12-17-4-5-18(19)11-17/h8-10,17-19H,3-5,7,11-14H2,1-2H3/t17-,18+,19+/m0/s1. The van der Waals surface area contributed by atoms with Crippen LogP contribution in [0.3, 0.4) is 0 Å². The third kappa shape index (κ3) is 4.88. The van der Waals surface area contributed by atoms with Crippen LogP contribution in [-0.4, -0.2) is 25.0 Å². The Morgan fingerprint density at radius 3 is 2.52 bits per heavy atom. The number of nitriles is 1. The zero-order chi connectivity index (χ0) is 19.4. The molecule has 2 saturated carbocycles. The minimum Gasteiger partial charge on any atom is -0.456 e. The van der Waals surface area contributed by atoms with Crippen LogP contribution in [-0.2, 0) is 14.3 Å². The molecule has 0 N–H and O–H groups in total. The fraction of sp³-hybridized carbons (Fsp3) is 0.591. The number of carbonyl (C=O) groups is 2. The molecule has 3 atom stereocenters. The van der Waals surface area contributed by atoms with E-state index in [1.54, 1.807) is 4.90 Å². The number of amides is 1. The molecule has 0 radical (unpaired) electrons. The number of benzene rings is 1. The van der Waals surface area contributed by atoms with Gasteiger partial charge in [0.2, 0.25) is 0 Å². The average molecular weight is 368 g/mol. The van der Waals surface area contributed by atoms with Crippen molar-refractivity contribution in [2.75, 3.05) is 18.1 Å². The van der Waals surface area contributed by atoms with Crippen molar-refractivity contribution in [2.45, 2.75) is 52.4 Å². The van der Waals surface area contributed by atoms with Crippen LogP contribution in [0.4, 0.5) is 5.69 Å². The molecule has 5 heteroatoms. The van der Waals surface area contributed by atoms with Gasteiger partial charge in [0.1, 0.15) is 0 Å². The SMILES string of the molecule is Cc1cc(C)cc(N(CCC#N)C(=O)COC(=O)C[C@H]2C[C@H]3CC[C@@H]2C3)c1. The van der Waals surface area contributed by atoms with Gasteiger partial charge in [-0.2, -0.15) is 5.26 Å². The Balaban J connectivity index is 1.57. The van der Waals surface area contributed by atoms with Gasteiger partial charge in [0.15, 0.2) is 6.61 Å². The van der Waals surface area contributed by atoms with Crippen molar-refractivity contribution < 1.29 is 14.3 Å². The monoisotopic (exact) mass is 368 g/mol. The second kappa shape index (κ2) is 8.56. The molecule has 5 nitrogen and oxygen atoms in total. The zero-order valence-electron chi connectivity index (χ0n) is 16.2. The van der Waals surface area contributed by atoms with Gasteiger partial charge in [0.05, 0.1) is 12.5 Å². The maximum atomic E-state index is 12.7. The second-order valence-corrected chi connectivity index (χ2v) is 8.10. The minimum atomic E-state index is -0.281. The highest BCUT2D eigenvalue weighted by Crippen LogP contribution is 2.49. The summed E-state index contributed by atoms with van der Waals surface area (Å²) in [5, 5.41) is 8.91. The van der Waals surface area contributed by atoms with Gasteiger partial charge in [0, 0.05) is 18.7 Å². The maximum absolute atomic E-state index is 12.7. The summed E-state index contributed by atoms with van der Waals surface area (Å²) in [5.74, 6) is 1.33. The lowest BCUT2D eigenvalue weighted by Crippen LogP contribution is -2.35. The highest BCUT2D eigenvalue weighted by molar-refractivity contribution is 5.95. The van der Waals surface area contributed by atoms with Gasteiger partial charge in [-0.15, -0.1) is 0 Å². The molecule has 0 aromatic heterocycles. The summed E-state index contributed by atoms with van der Waals surface area (Å²) < 4.78 is 5.30. The van der Waals surface area contributed by atoms with Crippen LogP contribution in [0.15, 0.2) is 18.2 Å². The molecular weight excluding hydrogens is 340 g/mol. The second-order valence-electron chi connectivity index (χ2n) is 8.10. The summed E-state index contributed by atoms with van der Waals surface area (Å²) in [7, 11) is 0. The number of ether oxygens (including phenoxy) is 1. The van der Waals surface area contributed by atoms with E-state index >= 15 is 0 Å². The highest BCUT2D eigenvalue weighted by Gasteiger charge is 2.40. The summed E-state index contributed by atoms with van der Waals surface area (Å²) in [6.07, 6.45) is 5.58. The van der Waals surface area contributed by atoms with Gasteiger partial charge in [-0.3, -0.25) is 9.59 Å². The van der Waals surface area contributed by atoms with Crippen molar-refractivity contribution in [1.82, 2.24) is 0 Å². The van der Waals surface area contributed by atoms with Crippen LogP contribution in [0, 0.1) is 42.9 Å². The number of hydrogen-bond donors (Lipinski definition) is 0. The molecule has 0 unspecified atom stereocenters. The van der Waals surface area contributed by atoms with E-state index in [0.717, 1.165) is 29.2 Å². The molecule has 3 rings (SSSR count). The van der Waals surface area contributed by atoms with Gasteiger partial charge in [-0.1, -0.05) is 12.5 Å². The van der Waals surface area contributed by atoms with E-state index < -0.39 is 0 Å². The van der Waals surface area contributed by atoms with Crippen molar-refractivity contribution in [2.24, 2.45) is 17.8 Å². The molecule has 2 aliphatic rings. The first-order chi connectivity index (χ1) is 13.0. The van der Waals surface area contributed by atoms with Crippen LogP contribution in [0.25, 0.3) is 0 Å². The van der Waals surface area contributed by atoms with E-state index in [4.69, 9.17) is 10.00 Å². The summed E-state index contributed by atoms with van der Waals surface area (Å²) in [6, 6.07) is 7.94. The number of esters is 1. The van der Waals surface area contributed by atoms with Crippen molar-refractivity contribution in [1.29, 1.82) is 5.26 Å². The largest absolute Gasteiger partial charge is 0.456 e. The van der Waals surface area contributed by atoms with Gasteiger partial charge >= 0.3 is 5.97 Å². The van der Waals surface area contributed by atoms with Crippen molar-refractivity contribution in [3.05, 3.63) is 29.3 Å². The Morgan fingerprint density at radius 2 is 1.93 bits per heavy atom. The molecule has 2 aliphatic carbocycles. The van der Waals surface area contributed by atoms with E-state index in [2.05, 4.69) is 6.07 Å².